The van der Waals surface area contributed by atoms with Gasteiger partial charge < -0.3 is 9.26 Å². The van der Waals surface area contributed by atoms with E-state index < -0.39 is 5.97 Å². The van der Waals surface area contributed by atoms with E-state index in [-0.39, 0.29) is 5.89 Å². The van der Waals surface area contributed by atoms with Crippen LogP contribution in [0.2, 0.25) is 0 Å². The maximum Gasteiger partial charge on any atom is 0.397 e. The Bertz CT molecular complexity index is 381. The fraction of sp³-hybridized carbons (Fsp3) is 0.769. The topological polar surface area (TPSA) is 65.2 Å². The van der Waals surface area contributed by atoms with Crippen molar-refractivity contribution in [1.29, 1.82) is 0 Å². The molecular weight excluding hydrogens is 232 g/mol. The van der Waals surface area contributed by atoms with Crippen LogP contribution in [0.15, 0.2) is 4.52 Å². The standard InChI is InChI=1S/C13H20N2O3/c1-2-17-13(16)12-14-11(15-18-12)10-8-6-4-3-5-7-9-10/h10H,2-9H2,1H3. The Balaban J connectivity index is 2.01. The number of aromatic nitrogens is 2. The molecule has 1 aliphatic carbocycles. The fourth-order valence-corrected chi connectivity index (χ4v) is 2.39. The molecule has 0 bridgehead atoms. The molecule has 0 radical (unpaired) electrons. The Labute approximate surface area is 107 Å². The van der Waals surface area contributed by atoms with Gasteiger partial charge in [0.2, 0.25) is 0 Å². The lowest BCUT2D eigenvalue weighted by atomic mass is 9.91. The lowest BCUT2D eigenvalue weighted by molar-refractivity contribution is 0.0470. The number of rotatable bonds is 3. The zero-order valence-electron chi connectivity index (χ0n) is 10.9. The molecule has 1 aromatic heterocycles. The number of esters is 1. The molecule has 18 heavy (non-hydrogen) atoms. The minimum atomic E-state index is -0.526. The van der Waals surface area contributed by atoms with Gasteiger partial charge in [0.1, 0.15) is 0 Å². The summed E-state index contributed by atoms with van der Waals surface area (Å²) in [6.45, 7) is 2.07. The summed E-state index contributed by atoms with van der Waals surface area (Å²) in [7, 11) is 0. The van der Waals surface area contributed by atoms with Gasteiger partial charge in [-0.3, -0.25) is 0 Å². The Kier molecular flexibility index (Phi) is 4.73. The monoisotopic (exact) mass is 252 g/mol. The first kappa shape index (κ1) is 13.1. The van der Waals surface area contributed by atoms with Gasteiger partial charge in [0.15, 0.2) is 5.82 Å². The Morgan fingerprint density at radius 2 is 1.94 bits per heavy atom. The van der Waals surface area contributed by atoms with Crippen molar-refractivity contribution in [3.05, 3.63) is 11.7 Å². The number of ether oxygens (including phenoxy) is 1. The summed E-state index contributed by atoms with van der Waals surface area (Å²) >= 11 is 0. The summed E-state index contributed by atoms with van der Waals surface area (Å²) in [6, 6.07) is 0. The number of nitrogens with zero attached hydrogens (tertiary/aromatic N) is 2. The first-order valence-electron chi connectivity index (χ1n) is 6.82. The van der Waals surface area contributed by atoms with Gasteiger partial charge in [-0.1, -0.05) is 37.3 Å². The third-order valence-electron chi connectivity index (χ3n) is 3.36. The van der Waals surface area contributed by atoms with E-state index >= 15 is 0 Å². The third kappa shape index (κ3) is 3.31. The first-order chi connectivity index (χ1) is 8.81. The summed E-state index contributed by atoms with van der Waals surface area (Å²) in [6.07, 6.45) is 8.46. The summed E-state index contributed by atoms with van der Waals surface area (Å²) in [5.41, 5.74) is 0. The molecule has 100 valence electrons. The molecule has 0 saturated heterocycles. The molecular formula is C13H20N2O3. The van der Waals surface area contributed by atoms with Crippen LogP contribution in [-0.2, 0) is 4.74 Å². The molecule has 0 aliphatic heterocycles. The van der Waals surface area contributed by atoms with E-state index in [4.69, 9.17) is 9.26 Å². The highest BCUT2D eigenvalue weighted by atomic mass is 16.6. The molecule has 0 atom stereocenters. The molecule has 1 aliphatic rings. The van der Waals surface area contributed by atoms with Crippen molar-refractivity contribution in [3.8, 4) is 0 Å². The van der Waals surface area contributed by atoms with Crippen LogP contribution in [0.25, 0.3) is 0 Å². The molecule has 1 heterocycles. The molecule has 2 rings (SSSR count). The summed E-state index contributed by atoms with van der Waals surface area (Å²) in [5.74, 6) is 0.452. The van der Waals surface area contributed by atoms with Crippen LogP contribution in [0.4, 0.5) is 0 Å². The SMILES string of the molecule is CCOC(=O)c1nc(C2CCCCCCC2)no1. The van der Waals surface area contributed by atoms with Crippen molar-refractivity contribution in [2.45, 2.75) is 57.8 Å². The molecule has 1 aromatic rings. The smallest absolute Gasteiger partial charge is 0.397 e. The maximum absolute atomic E-state index is 11.4. The van der Waals surface area contributed by atoms with Gasteiger partial charge in [0.05, 0.1) is 6.61 Å². The molecule has 5 nitrogen and oxygen atoms in total. The highest BCUT2D eigenvalue weighted by Crippen LogP contribution is 2.29. The second kappa shape index (κ2) is 6.52. The maximum atomic E-state index is 11.4. The molecule has 0 amide bonds. The minimum Gasteiger partial charge on any atom is -0.459 e. The van der Waals surface area contributed by atoms with Gasteiger partial charge in [0.25, 0.3) is 0 Å². The molecule has 5 heteroatoms. The Morgan fingerprint density at radius 1 is 1.28 bits per heavy atom. The van der Waals surface area contributed by atoms with Crippen LogP contribution in [-0.4, -0.2) is 22.7 Å². The molecule has 1 fully saturated rings. The summed E-state index contributed by atoms with van der Waals surface area (Å²) < 4.78 is 9.81. The second-order valence-electron chi connectivity index (χ2n) is 4.72. The summed E-state index contributed by atoms with van der Waals surface area (Å²) in [4.78, 5) is 15.6. The van der Waals surface area contributed by atoms with Crippen molar-refractivity contribution >= 4 is 5.97 Å². The quantitative estimate of drug-likeness (QED) is 0.773. The van der Waals surface area contributed by atoms with Gasteiger partial charge >= 0.3 is 11.9 Å². The van der Waals surface area contributed by atoms with Crippen LogP contribution in [0.1, 0.15) is 74.3 Å². The predicted octanol–water partition coefficient (Wildman–Crippen LogP) is 3.07. The first-order valence-corrected chi connectivity index (χ1v) is 6.82. The van der Waals surface area contributed by atoms with E-state index in [9.17, 15) is 4.79 Å². The highest BCUT2D eigenvalue weighted by molar-refractivity contribution is 5.83. The lowest BCUT2D eigenvalue weighted by Gasteiger charge is -2.15. The van der Waals surface area contributed by atoms with E-state index in [0.717, 1.165) is 12.8 Å². The Morgan fingerprint density at radius 3 is 2.61 bits per heavy atom. The largest absolute Gasteiger partial charge is 0.459 e. The number of carbonyl (C=O) groups is 1. The molecule has 0 N–H and O–H groups in total. The number of hydrogen-bond donors (Lipinski definition) is 0. The van der Waals surface area contributed by atoms with Gasteiger partial charge in [-0.25, -0.2) is 4.79 Å². The lowest BCUT2D eigenvalue weighted by Crippen LogP contribution is -2.07. The van der Waals surface area contributed by atoms with Crippen LogP contribution >= 0.6 is 0 Å². The van der Waals surface area contributed by atoms with Crippen LogP contribution in [0.3, 0.4) is 0 Å². The number of carbonyl (C=O) groups excluding carboxylic acids is 1. The average molecular weight is 252 g/mol. The third-order valence-corrected chi connectivity index (χ3v) is 3.36. The van der Waals surface area contributed by atoms with Crippen LogP contribution < -0.4 is 0 Å². The van der Waals surface area contributed by atoms with E-state index in [0.29, 0.717) is 18.3 Å². The average Bonchev–Trinajstić information content (AvgIpc) is 2.78. The van der Waals surface area contributed by atoms with Gasteiger partial charge in [-0.2, -0.15) is 4.98 Å². The Hall–Kier alpha value is -1.39. The second-order valence-corrected chi connectivity index (χ2v) is 4.72. The van der Waals surface area contributed by atoms with Crippen molar-refractivity contribution in [2.24, 2.45) is 0 Å². The van der Waals surface area contributed by atoms with E-state index in [1.54, 1.807) is 6.92 Å². The normalized spacial score (nSPS) is 18.1. The van der Waals surface area contributed by atoms with Gasteiger partial charge in [-0.15, -0.1) is 0 Å². The van der Waals surface area contributed by atoms with E-state index in [1.807, 2.05) is 0 Å². The molecule has 0 unspecified atom stereocenters. The zero-order valence-corrected chi connectivity index (χ0v) is 10.9. The van der Waals surface area contributed by atoms with Crippen LogP contribution in [0, 0.1) is 0 Å². The predicted molar refractivity (Wildman–Crippen MR) is 65.3 cm³/mol. The highest BCUT2D eigenvalue weighted by Gasteiger charge is 2.22. The molecule has 0 aromatic carbocycles. The van der Waals surface area contributed by atoms with E-state index in [1.165, 1.54) is 32.1 Å². The van der Waals surface area contributed by atoms with Crippen molar-refractivity contribution in [2.75, 3.05) is 6.61 Å². The molecule has 1 saturated carbocycles. The van der Waals surface area contributed by atoms with Crippen molar-refractivity contribution in [3.63, 3.8) is 0 Å². The van der Waals surface area contributed by atoms with E-state index in [2.05, 4.69) is 10.1 Å². The van der Waals surface area contributed by atoms with Crippen molar-refractivity contribution in [1.82, 2.24) is 10.1 Å². The van der Waals surface area contributed by atoms with Crippen molar-refractivity contribution < 1.29 is 14.1 Å². The minimum absolute atomic E-state index is 0.0195. The van der Waals surface area contributed by atoms with Gasteiger partial charge in [0, 0.05) is 5.92 Å². The fourth-order valence-electron chi connectivity index (χ4n) is 2.39. The zero-order chi connectivity index (χ0) is 12.8. The summed E-state index contributed by atoms with van der Waals surface area (Å²) in [5, 5.41) is 3.93. The van der Waals surface area contributed by atoms with Gasteiger partial charge in [-0.05, 0) is 19.8 Å². The van der Waals surface area contributed by atoms with Crippen LogP contribution in [0.5, 0.6) is 0 Å². The number of hydrogen-bond acceptors (Lipinski definition) is 5. The molecule has 0 spiro atoms.